The van der Waals surface area contributed by atoms with Crippen molar-refractivity contribution in [2.45, 2.75) is 13.5 Å². The number of aliphatic imine (C=N–C) groups is 1. The molecule has 0 aliphatic heterocycles. The normalized spacial score (nSPS) is 11.4. The molecule has 0 aliphatic carbocycles. The van der Waals surface area contributed by atoms with Gasteiger partial charge in [-0.25, -0.2) is 9.97 Å². The van der Waals surface area contributed by atoms with Gasteiger partial charge in [0.05, 0.1) is 36.8 Å². The molecule has 150 valence electrons. The van der Waals surface area contributed by atoms with Gasteiger partial charge in [-0.05, 0) is 36.2 Å². The van der Waals surface area contributed by atoms with Crippen LogP contribution in [-0.4, -0.2) is 29.0 Å². The molecule has 0 atom stereocenters. The van der Waals surface area contributed by atoms with Crippen molar-refractivity contribution in [3.05, 3.63) is 70.9 Å². The quantitative estimate of drug-likeness (QED) is 0.372. The second kappa shape index (κ2) is 9.30. The number of rotatable bonds is 6. The minimum absolute atomic E-state index is 0.0420. The standard InChI is InChI=1S/C22H21N7O/c1-14-6-3-4-7-16(14)12-26-13-20(29-25)19-10-18(27-22(24)28-19)17-9-5-8-15(11-23)21(17)30-2/h3-10,13H,12,25H2,1-2H3,(H2,24,27,28)/b26-13?,29-20+. The van der Waals surface area contributed by atoms with Gasteiger partial charge in [0.25, 0.3) is 0 Å². The van der Waals surface area contributed by atoms with Gasteiger partial charge in [-0.1, -0.05) is 30.3 Å². The van der Waals surface area contributed by atoms with Crippen LogP contribution < -0.4 is 16.3 Å². The van der Waals surface area contributed by atoms with E-state index in [1.165, 1.54) is 7.11 Å². The molecule has 8 nitrogen and oxygen atoms in total. The summed E-state index contributed by atoms with van der Waals surface area (Å²) in [4.78, 5) is 13.0. The third kappa shape index (κ3) is 4.42. The Labute approximate surface area is 174 Å². The minimum atomic E-state index is 0.0420. The molecular formula is C22H21N7O. The molecule has 2 aromatic carbocycles. The van der Waals surface area contributed by atoms with Gasteiger partial charge in [0.1, 0.15) is 17.5 Å². The third-order valence-corrected chi connectivity index (χ3v) is 4.50. The first-order valence-corrected chi connectivity index (χ1v) is 9.12. The Kier molecular flexibility index (Phi) is 6.35. The summed E-state index contributed by atoms with van der Waals surface area (Å²) in [5.41, 5.74) is 10.4. The van der Waals surface area contributed by atoms with Crippen molar-refractivity contribution in [3.8, 4) is 23.1 Å². The number of hydrazone groups is 1. The zero-order valence-corrected chi connectivity index (χ0v) is 16.7. The van der Waals surface area contributed by atoms with Crippen molar-refractivity contribution in [2.75, 3.05) is 12.8 Å². The number of nitriles is 1. The van der Waals surface area contributed by atoms with E-state index in [0.717, 1.165) is 11.1 Å². The smallest absolute Gasteiger partial charge is 0.221 e. The number of ether oxygens (including phenoxy) is 1. The van der Waals surface area contributed by atoms with Crippen LogP contribution in [0, 0.1) is 18.3 Å². The highest BCUT2D eigenvalue weighted by atomic mass is 16.5. The summed E-state index contributed by atoms with van der Waals surface area (Å²) in [6.07, 6.45) is 1.56. The molecule has 30 heavy (non-hydrogen) atoms. The predicted octanol–water partition coefficient (Wildman–Crippen LogP) is 2.85. The molecule has 0 saturated carbocycles. The maximum atomic E-state index is 9.33. The van der Waals surface area contributed by atoms with Crippen LogP contribution >= 0.6 is 0 Å². The Morgan fingerprint density at radius 2 is 2.00 bits per heavy atom. The summed E-state index contributed by atoms with van der Waals surface area (Å²) in [5, 5.41) is 13.1. The van der Waals surface area contributed by atoms with Crippen LogP contribution in [0.4, 0.5) is 5.95 Å². The van der Waals surface area contributed by atoms with Gasteiger partial charge in [-0.15, -0.1) is 0 Å². The van der Waals surface area contributed by atoms with E-state index in [-0.39, 0.29) is 5.95 Å². The Hall–Kier alpha value is -4.25. The number of hydrogen-bond donors (Lipinski definition) is 2. The number of nitrogen functional groups attached to an aromatic ring is 1. The number of aryl methyl sites for hydroxylation is 1. The Bertz CT molecular complexity index is 1160. The van der Waals surface area contributed by atoms with Crippen LogP contribution in [0.1, 0.15) is 22.4 Å². The summed E-state index contributed by atoms with van der Waals surface area (Å²) in [5.74, 6) is 6.03. The number of nitrogens with zero attached hydrogens (tertiary/aromatic N) is 5. The molecule has 0 saturated heterocycles. The second-order valence-corrected chi connectivity index (χ2v) is 6.41. The molecule has 0 spiro atoms. The van der Waals surface area contributed by atoms with Gasteiger partial charge in [-0.3, -0.25) is 4.99 Å². The van der Waals surface area contributed by atoms with E-state index in [1.54, 1.807) is 30.5 Å². The summed E-state index contributed by atoms with van der Waals surface area (Å²) in [6.45, 7) is 2.51. The van der Waals surface area contributed by atoms with Gasteiger partial charge in [-0.2, -0.15) is 10.4 Å². The van der Waals surface area contributed by atoms with E-state index in [9.17, 15) is 5.26 Å². The number of hydrogen-bond acceptors (Lipinski definition) is 8. The zero-order chi connectivity index (χ0) is 21.5. The number of anilines is 1. The first kappa shape index (κ1) is 20.5. The highest BCUT2D eigenvalue weighted by molar-refractivity contribution is 6.37. The van der Waals surface area contributed by atoms with Crippen LogP contribution in [0.25, 0.3) is 11.3 Å². The monoisotopic (exact) mass is 399 g/mol. The van der Waals surface area contributed by atoms with Gasteiger partial charge >= 0.3 is 0 Å². The van der Waals surface area contributed by atoms with Gasteiger partial charge in [0.15, 0.2) is 0 Å². The SMILES string of the molecule is COc1c(C#N)cccc1-c1cc(/C(C=NCc2ccccc2C)=N/N)nc(N)n1. The first-order valence-electron chi connectivity index (χ1n) is 9.12. The second-order valence-electron chi connectivity index (χ2n) is 6.41. The molecular weight excluding hydrogens is 378 g/mol. The van der Waals surface area contributed by atoms with Crippen molar-refractivity contribution >= 4 is 17.9 Å². The van der Waals surface area contributed by atoms with Crippen LogP contribution in [0.2, 0.25) is 0 Å². The zero-order valence-electron chi connectivity index (χ0n) is 16.7. The van der Waals surface area contributed by atoms with Gasteiger partial charge in [0, 0.05) is 5.56 Å². The number of aromatic nitrogens is 2. The lowest BCUT2D eigenvalue weighted by atomic mass is 10.0. The topological polar surface area (TPSA) is 136 Å². The summed E-state index contributed by atoms with van der Waals surface area (Å²) < 4.78 is 5.41. The number of benzene rings is 2. The Morgan fingerprint density at radius 1 is 1.20 bits per heavy atom. The molecule has 0 amide bonds. The van der Waals surface area contributed by atoms with Crippen LogP contribution in [-0.2, 0) is 6.54 Å². The Balaban J connectivity index is 1.96. The molecule has 4 N–H and O–H groups in total. The number of para-hydroxylation sites is 1. The molecule has 0 unspecified atom stereocenters. The lowest BCUT2D eigenvalue weighted by Crippen LogP contribution is -2.12. The lowest BCUT2D eigenvalue weighted by molar-refractivity contribution is 0.415. The van der Waals surface area contributed by atoms with Crippen LogP contribution in [0.15, 0.2) is 58.6 Å². The molecule has 0 bridgehead atoms. The van der Waals surface area contributed by atoms with E-state index >= 15 is 0 Å². The number of methoxy groups -OCH3 is 1. The molecule has 3 rings (SSSR count). The fourth-order valence-electron chi connectivity index (χ4n) is 2.97. The molecule has 3 aromatic rings. The lowest BCUT2D eigenvalue weighted by Gasteiger charge is -2.11. The number of nitrogens with two attached hydrogens (primary N) is 2. The van der Waals surface area contributed by atoms with Crippen molar-refractivity contribution in [1.82, 2.24) is 9.97 Å². The average molecular weight is 399 g/mol. The summed E-state index contributed by atoms with van der Waals surface area (Å²) in [7, 11) is 1.50. The summed E-state index contributed by atoms with van der Waals surface area (Å²) >= 11 is 0. The molecule has 0 fully saturated rings. The molecule has 8 heteroatoms. The van der Waals surface area contributed by atoms with Gasteiger partial charge < -0.3 is 16.3 Å². The average Bonchev–Trinajstić information content (AvgIpc) is 2.76. The van der Waals surface area contributed by atoms with E-state index in [4.69, 9.17) is 16.3 Å². The van der Waals surface area contributed by atoms with Gasteiger partial charge in [0.2, 0.25) is 5.95 Å². The predicted molar refractivity (Wildman–Crippen MR) is 117 cm³/mol. The molecule has 0 radical (unpaired) electrons. The van der Waals surface area contributed by atoms with Crippen molar-refractivity contribution in [3.63, 3.8) is 0 Å². The maximum Gasteiger partial charge on any atom is 0.221 e. The molecule has 1 heterocycles. The van der Waals surface area contributed by atoms with Crippen molar-refractivity contribution < 1.29 is 4.74 Å². The fourth-order valence-corrected chi connectivity index (χ4v) is 2.97. The fraction of sp³-hybridized carbons (Fsp3) is 0.136. The third-order valence-electron chi connectivity index (χ3n) is 4.50. The minimum Gasteiger partial charge on any atom is -0.495 e. The van der Waals surface area contributed by atoms with E-state index < -0.39 is 0 Å². The van der Waals surface area contributed by atoms with E-state index in [0.29, 0.717) is 40.5 Å². The van der Waals surface area contributed by atoms with Crippen molar-refractivity contribution in [1.29, 1.82) is 5.26 Å². The molecule has 1 aromatic heterocycles. The Morgan fingerprint density at radius 3 is 2.70 bits per heavy atom. The highest BCUT2D eigenvalue weighted by Gasteiger charge is 2.15. The maximum absolute atomic E-state index is 9.33. The largest absolute Gasteiger partial charge is 0.495 e. The van der Waals surface area contributed by atoms with Crippen LogP contribution in [0.3, 0.4) is 0 Å². The van der Waals surface area contributed by atoms with E-state index in [1.807, 2.05) is 31.2 Å². The first-order chi connectivity index (χ1) is 14.6. The summed E-state index contributed by atoms with van der Waals surface area (Å²) in [6, 6.07) is 17.0. The highest BCUT2D eigenvalue weighted by Crippen LogP contribution is 2.32. The van der Waals surface area contributed by atoms with Crippen molar-refractivity contribution in [2.24, 2.45) is 15.9 Å². The van der Waals surface area contributed by atoms with Crippen LogP contribution in [0.5, 0.6) is 5.75 Å². The molecule has 0 aliphatic rings. The van der Waals surface area contributed by atoms with E-state index in [2.05, 4.69) is 26.1 Å².